The molecule has 0 aromatic heterocycles. The Labute approximate surface area is 189 Å². The number of hydrogen-bond donors (Lipinski definition) is 3. The monoisotopic (exact) mass is 508 g/mol. The lowest BCUT2D eigenvalue weighted by atomic mass is 10.1. The maximum atomic E-state index is 11.2. The summed E-state index contributed by atoms with van der Waals surface area (Å²) in [5.41, 5.74) is 7.90. The summed E-state index contributed by atoms with van der Waals surface area (Å²) < 4.78 is 5.98. The van der Waals surface area contributed by atoms with Gasteiger partial charge in [-0.3, -0.25) is 4.79 Å². The number of nitrogens with one attached hydrogen (secondary N) is 2. The second-order valence-corrected chi connectivity index (χ2v) is 6.97. The minimum Gasteiger partial charge on any atom is -0.493 e. The number of carbonyl (C=O) groups excluding carboxylic acids is 1. The lowest BCUT2D eigenvalue weighted by Gasteiger charge is -2.14. The molecule has 0 saturated heterocycles. The fourth-order valence-electron chi connectivity index (χ4n) is 2.75. The molecule has 0 atom stereocenters. The van der Waals surface area contributed by atoms with Crippen LogP contribution in [0.25, 0.3) is 0 Å². The molecule has 0 radical (unpaired) electrons. The Hall–Kier alpha value is -2.29. The molecule has 1 aliphatic rings. The second kappa shape index (κ2) is 11.6. The highest BCUT2D eigenvalue weighted by Crippen LogP contribution is 2.30. The van der Waals surface area contributed by atoms with Gasteiger partial charge in [-0.05, 0) is 49.4 Å². The summed E-state index contributed by atoms with van der Waals surface area (Å²) in [5, 5.41) is 6.62. The van der Waals surface area contributed by atoms with Crippen molar-refractivity contribution in [3.8, 4) is 5.75 Å². The van der Waals surface area contributed by atoms with Crippen LogP contribution >= 0.6 is 24.0 Å². The number of guanidine groups is 1. The van der Waals surface area contributed by atoms with Crippen LogP contribution in [-0.4, -0.2) is 25.0 Å². The van der Waals surface area contributed by atoms with Gasteiger partial charge in [-0.15, -0.1) is 24.0 Å². The predicted octanol–water partition coefficient (Wildman–Crippen LogP) is 3.45. The summed E-state index contributed by atoms with van der Waals surface area (Å²) in [5.74, 6) is 1.96. The molecule has 4 N–H and O–H groups in total. The third-order valence-corrected chi connectivity index (χ3v) is 4.59. The van der Waals surface area contributed by atoms with E-state index in [0.717, 1.165) is 41.9 Å². The van der Waals surface area contributed by atoms with Gasteiger partial charge in [-0.1, -0.05) is 30.3 Å². The number of benzene rings is 2. The zero-order chi connectivity index (χ0) is 19.8. The lowest BCUT2D eigenvalue weighted by molar-refractivity contribution is 0.100. The molecule has 0 spiro atoms. The largest absolute Gasteiger partial charge is 0.493 e. The highest BCUT2D eigenvalue weighted by atomic mass is 127. The predicted molar refractivity (Wildman–Crippen MR) is 127 cm³/mol. The van der Waals surface area contributed by atoms with E-state index in [4.69, 9.17) is 10.5 Å². The number of ether oxygens (including phenoxy) is 1. The van der Waals surface area contributed by atoms with E-state index in [2.05, 4.69) is 21.7 Å². The van der Waals surface area contributed by atoms with Crippen molar-refractivity contribution in [2.45, 2.75) is 32.9 Å². The van der Waals surface area contributed by atoms with Gasteiger partial charge < -0.3 is 21.1 Å². The molecule has 0 heterocycles. The van der Waals surface area contributed by atoms with Crippen molar-refractivity contribution >= 4 is 35.8 Å². The van der Waals surface area contributed by atoms with E-state index in [9.17, 15) is 4.79 Å². The topological polar surface area (TPSA) is 88.7 Å². The molecule has 1 aliphatic carbocycles. The molecule has 1 amide bonds. The SMILES string of the molecule is CCNC(=NCc1ccc(C(N)=O)cc1)NCc1ccccc1OCC1CC1.I. The number of nitrogens with two attached hydrogens (primary N) is 1. The minimum absolute atomic E-state index is 0. The Morgan fingerprint density at radius 3 is 2.52 bits per heavy atom. The first kappa shape index (κ1) is 23.0. The molecular formula is C22H29IN4O2. The van der Waals surface area contributed by atoms with Gasteiger partial charge in [-0.2, -0.15) is 0 Å². The van der Waals surface area contributed by atoms with Gasteiger partial charge in [-0.25, -0.2) is 4.99 Å². The number of halogens is 1. The Kier molecular flexibility index (Phi) is 9.24. The highest BCUT2D eigenvalue weighted by molar-refractivity contribution is 14.0. The number of amides is 1. The lowest BCUT2D eigenvalue weighted by Crippen LogP contribution is -2.36. The molecule has 0 bridgehead atoms. The van der Waals surface area contributed by atoms with Crippen LogP contribution in [0.5, 0.6) is 5.75 Å². The molecule has 3 rings (SSSR count). The maximum Gasteiger partial charge on any atom is 0.248 e. The van der Waals surface area contributed by atoms with E-state index in [0.29, 0.717) is 18.7 Å². The summed E-state index contributed by atoms with van der Waals surface area (Å²) in [6, 6.07) is 15.3. The maximum absolute atomic E-state index is 11.2. The number of primary amides is 1. The van der Waals surface area contributed by atoms with Gasteiger partial charge in [0.1, 0.15) is 5.75 Å². The summed E-state index contributed by atoms with van der Waals surface area (Å²) in [6.45, 7) is 4.74. The van der Waals surface area contributed by atoms with E-state index in [-0.39, 0.29) is 24.0 Å². The van der Waals surface area contributed by atoms with Gasteiger partial charge in [0.15, 0.2) is 5.96 Å². The first-order valence-electron chi connectivity index (χ1n) is 9.77. The summed E-state index contributed by atoms with van der Waals surface area (Å²) >= 11 is 0. The number of nitrogens with zero attached hydrogens (tertiary/aromatic N) is 1. The van der Waals surface area contributed by atoms with Crippen molar-refractivity contribution in [3.05, 3.63) is 65.2 Å². The van der Waals surface area contributed by atoms with E-state index < -0.39 is 5.91 Å². The summed E-state index contributed by atoms with van der Waals surface area (Å²) in [4.78, 5) is 15.8. The molecule has 1 saturated carbocycles. The van der Waals surface area contributed by atoms with Gasteiger partial charge >= 0.3 is 0 Å². The van der Waals surface area contributed by atoms with E-state index in [1.807, 2.05) is 37.3 Å². The molecule has 0 unspecified atom stereocenters. The molecule has 29 heavy (non-hydrogen) atoms. The first-order valence-corrected chi connectivity index (χ1v) is 9.77. The van der Waals surface area contributed by atoms with Crippen LogP contribution < -0.4 is 21.1 Å². The third-order valence-electron chi connectivity index (χ3n) is 4.59. The molecule has 6 nitrogen and oxygen atoms in total. The third kappa shape index (κ3) is 7.56. The number of aliphatic imine (C=N–C) groups is 1. The van der Waals surface area contributed by atoms with Crippen LogP contribution in [0.1, 0.15) is 41.3 Å². The van der Waals surface area contributed by atoms with Crippen LogP contribution in [0.4, 0.5) is 0 Å². The van der Waals surface area contributed by atoms with Crippen LogP contribution in [0, 0.1) is 5.92 Å². The van der Waals surface area contributed by atoms with Crippen molar-refractivity contribution in [1.29, 1.82) is 0 Å². The highest BCUT2D eigenvalue weighted by Gasteiger charge is 2.22. The Bertz CT molecular complexity index is 820. The van der Waals surface area contributed by atoms with Gasteiger partial charge in [0.2, 0.25) is 5.91 Å². The summed E-state index contributed by atoms with van der Waals surface area (Å²) in [7, 11) is 0. The molecular weight excluding hydrogens is 479 g/mol. The van der Waals surface area contributed by atoms with Crippen molar-refractivity contribution in [2.75, 3.05) is 13.2 Å². The van der Waals surface area contributed by atoms with Crippen LogP contribution in [0.15, 0.2) is 53.5 Å². The Balaban J connectivity index is 0.00000300. The van der Waals surface area contributed by atoms with Crippen molar-refractivity contribution in [1.82, 2.24) is 10.6 Å². The number of carbonyl (C=O) groups is 1. The number of para-hydroxylation sites is 1. The molecule has 7 heteroatoms. The van der Waals surface area contributed by atoms with Crippen molar-refractivity contribution in [3.63, 3.8) is 0 Å². The average Bonchev–Trinajstić information content (AvgIpc) is 3.54. The van der Waals surface area contributed by atoms with Crippen molar-refractivity contribution < 1.29 is 9.53 Å². The first-order chi connectivity index (χ1) is 13.7. The number of rotatable bonds is 9. The summed E-state index contributed by atoms with van der Waals surface area (Å²) in [6.07, 6.45) is 2.55. The Morgan fingerprint density at radius 1 is 1.14 bits per heavy atom. The van der Waals surface area contributed by atoms with E-state index >= 15 is 0 Å². The molecule has 2 aromatic carbocycles. The quantitative estimate of drug-likeness (QED) is 0.275. The zero-order valence-electron chi connectivity index (χ0n) is 16.7. The zero-order valence-corrected chi connectivity index (χ0v) is 19.0. The number of hydrogen-bond acceptors (Lipinski definition) is 3. The van der Waals surface area contributed by atoms with E-state index in [1.165, 1.54) is 12.8 Å². The van der Waals surface area contributed by atoms with Crippen LogP contribution in [0.2, 0.25) is 0 Å². The second-order valence-electron chi connectivity index (χ2n) is 6.97. The van der Waals surface area contributed by atoms with Crippen LogP contribution in [0.3, 0.4) is 0 Å². The molecule has 2 aromatic rings. The van der Waals surface area contributed by atoms with E-state index in [1.54, 1.807) is 12.1 Å². The molecule has 0 aliphatic heterocycles. The van der Waals surface area contributed by atoms with Gasteiger partial charge in [0, 0.05) is 24.2 Å². The smallest absolute Gasteiger partial charge is 0.248 e. The van der Waals surface area contributed by atoms with Crippen LogP contribution in [-0.2, 0) is 13.1 Å². The fourth-order valence-corrected chi connectivity index (χ4v) is 2.75. The molecule has 1 fully saturated rings. The standard InChI is InChI=1S/C22H28N4O2.HI/c1-2-24-22(25-13-16-9-11-18(12-10-16)21(23)27)26-14-19-5-3-4-6-20(19)28-15-17-7-8-17;/h3-6,9-12,17H,2,7-8,13-15H2,1H3,(H2,23,27)(H2,24,25,26);1H. The normalized spacial score (nSPS) is 13.3. The average molecular weight is 508 g/mol. The minimum atomic E-state index is -0.423. The van der Waals surface area contributed by atoms with Crippen molar-refractivity contribution in [2.24, 2.45) is 16.6 Å². The fraction of sp³-hybridized carbons (Fsp3) is 0.364. The van der Waals surface area contributed by atoms with Gasteiger partial charge in [0.05, 0.1) is 13.2 Å². The Morgan fingerprint density at radius 2 is 1.86 bits per heavy atom. The van der Waals surface area contributed by atoms with Gasteiger partial charge in [0.25, 0.3) is 0 Å². The molecule has 156 valence electrons.